The van der Waals surface area contributed by atoms with E-state index in [9.17, 15) is 0 Å². The van der Waals surface area contributed by atoms with E-state index in [-0.39, 0.29) is 0 Å². The third-order valence-corrected chi connectivity index (χ3v) is 4.77. The van der Waals surface area contributed by atoms with Crippen molar-refractivity contribution in [2.24, 2.45) is 5.92 Å². The number of nitrogens with two attached hydrogens (primary N) is 1. The van der Waals surface area contributed by atoms with Gasteiger partial charge < -0.3 is 10.3 Å². The molecular weight excluding hydrogens is 288 g/mol. The van der Waals surface area contributed by atoms with Crippen LogP contribution in [-0.2, 0) is 0 Å². The normalized spacial score (nSPS) is 21.6. The first-order chi connectivity index (χ1) is 11.2. The number of rotatable bonds is 2. The summed E-state index contributed by atoms with van der Waals surface area (Å²) < 4.78 is 2.18. The zero-order valence-corrected chi connectivity index (χ0v) is 13.2. The monoisotopic (exact) mass is 308 g/mol. The Hall–Kier alpha value is -2.50. The van der Waals surface area contributed by atoms with E-state index >= 15 is 0 Å². The fourth-order valence-corrected chi connectivity index (χ4v) is 3.36. The van der Waals surface area contributed by atoms with Crippen LogP contribution in [0.1, 0.15) is 38.6 Å². The maximum atomic E-state index is 6.12. The number of anilines is 1. The summed E-state index contributed by atoms with van der Waals surface area (Å²) in [6.07, 6.45) is 10.2. The van der Waals surface area contributed by atoms with Gasteiger partial charge in [-0.05, 0) is 43.7 Å². The third-order valence-electron chi connectivity index (χ3n) is 4.77. The maximum Gasteiger partial charge on any atom is 0.166 e. The van der Waals surface area contributed by atoms with Gasteiger partial charge in [-0.2, -0.15) is 0 Å². The minimum atomic E-state index is 0.435. The molecule has 1 aliphatic carbocycles. The van der Waals surface area contributed by atoms with Crippen LogP contribution in [-0.4, -0.2) is 24.5 Å². The Morgan fingerprint density at radius 3 is 2.57 bits per heavy atom. The molecule has 118 valence electrons. The van der Waals surface area contributed by atoms with Crippen LogP contribution in [0.2, 0.25) is 0 Å². The van der Waals surface area contributed by atoms with Gasteiger partial charge in [-0.1, -0.05) is 6.92 Å². The Labute approximate surface area is 134 Å². The van der Waals surface area contributed by atoms with E-state index in [2.05, 4.69) is 26.4 Å². The number of imidazole rings is 1. The van der Waals surface area contributed by atoms with Gasteiger partial charge in [-0.25, -0.2) is 15.0 Å². The first-order valence-electron chi connectivity index (χ1n) is 8.13. The highest BCUT2D eigenvalue weighted by Gasteiger charge is 2.22. The van der Waals surface area contributed by atoms with E-state index in [1.165, 1.54) is 25.7 Å². The summed E-state index contributed by atoms with van der Waals surface area (Å²) in [5.41, 5.74) is 8.56. The third kappa shape index (κ3) is 2.54. The van der Waals surface area contributed by atoms with Crippen LogP contribution in [0, 0.1) is 5.92 Å². The quantitative estimate of drug-likeness (QED) is 0.786. The van der Waals surface area contributed by atoms with Crippen molar-refractivity contribution in [1.29, 1.82) is 0 Å². The molecule has 0 unspecified atom stereocenters. The minimum absolute atomic E-state index is 0.435. The van der Waals surface area contributed by atoms with Gasteiger partial charge in [-0.15, -0.1) is 0 Å². The van der Waals surface area contributed by atoms with E-state index in [1.807, 2.05) is 18.5 Å². The molecule has 0 aromatic carbocycles. The van der Waals surface area contributed by atoms with Gasteiger partial charge in [0.25, 0.3) is 0 Å². The van der Waals surface area contributed by atoms with E-state index in [0.717, 1.165) is 17.1 Å². The summed E-state index contributed by atoms with van der Waals surface area (Å²) in [5, 5.41) is 0. The van der Waals surface area contributed by atoms with Crippen LogP contribution in [0.25, 0.3) is 22.6 Å². The van der Waals surface area contributed by atoms with Crippen molar-refractivity contribution in [2.45, 2.75) is 38.6 Å². The summed E-state index contributed by atoms with van der Waals surface area (Å²) in [6, 6.07) is 4.24. The van der Waals surface area contributed by atoms with Gasteiger partial charge in [0.1, 0.15) is 5.52 Å². The van der Waals surface area contributed by atoms with E-state index in [4.69, 9.17) is 10.7 Å². The highest BCUT2D eigenvalue weighted by atomic mass is 15.2. The van der Waals surface area contributed by atoms with Crippen molar-refractivity contribution >= 4 is 17.0 Å². The van der Waals surface area contributed by atoms with Gasteiger partial charge >= 0.3 is 0 Å². The molecule has 2 N–H and O–H groups in total. The first-order valence-corrected chi connectivity index (χ1v) is 8.13. The van der Waals surface area contributed by atoms with Gasteiger partial charge in [0.15, 0.2) is 17.3 Å². The zero-order chi connectivity index (χ0) is 15.8. The van der Waals surface area contributed by atoms with Crippen molar-refractivity contribution < 1.29 is 0 Å². The lowest BCUT2D eigenvalue weighted by Crippen LogP contribution is -2.16. The SMILES string of the molecule is CC1CCC(n2cnc3c(N)nc(-c4ccncc4)nc32)CC1. The summed E-state index contributed by atoms with van der Waals surface area (Å²) in [6.45, 7) is 2.32. The molecule has 23 heavy (non-hydrogen) atoms. The number of hydrogen-bond donors (Lipinski definition) is 1. The molecule has 0 aliphatic heterocycles. The topological polar surface area (TPSA) is 82.5 Å². The van der Waals surface area contributed by atoms with Crippen molar-refractivity contribution in [3.05, 3.63) is 30.9 Å². The molecule has 0 bridgehead atoms. The summed E-state index contributed by atoms with van der Waals surface area (Å²) in [5.74, 6) is 1.88. The number of aromatic nitrogens is 5. The van der Waals surface area contributed by atoms with Gasteiger partial charge in [-0.3, -0.25) is 4.98 Å². The van der Waals surface area contributed by atoms with Crippen molar-refractivity contribution in [1.82, 2.24) is 24.5 Å². The minimum Gasteiger partial charge on any atom is -0.382 e. The molecule has 1 fully saturated rings. The molecule has 6 heteroatoms. The summed E-state index contributed by atoms with van der Waals surface area (Å²) in [7, 11) is 0. The second-order valence-corrected chi connectivity index (χ2v) is 6.41. The van der Waals surface area contributed by atoms with Crippen LogP contribution in [0.5, 0.6) is 0 Å². The molecule has 0 amide bonds. The smallest absolute Gasteiger partial charge is 0.166 e. The van der Waals surface area contributed by atoms with Crippen LogP contribution in [0.15, 0.2) is 30.9 Å². The second kappa shape index (κ2) is 5.61. The molecule has 1 aliphatic rings. The number of fused-ring (bicyclic) bond motifs is 1. The first kappa shape index (κ1) is 14.1. The van der Waals surface area contributed by atoms with E-state index < -0.39 is 0 Å². The molecular formula is C17H20N6. The largest absolute Gasteiger partial charge is 0.382 e. The number of nitrogens with zero attached hydrogens (tertiary/aromatic N) is 5. The van der Waals surface area contributed by atoms with Gasteiger partial charge in [0.05, 0.1) is 6.33 Å². The Balaban J connectivity index is 1.79. The fourth-order valence-electron chi connectivity index (χ4n) is 3.36. The lowest BCUT2D eigenvalue weighted by molar-refractivity contribution is 0.293. The summed E-state index contributed by atoms with van der Waals surface area (Å²) in [4.78, 5) is 17.6. The lowest BCUT2D eigenvalue weighted by atomic mass is 9.87. The van der Waals surface area contributed by atoms with E-state index in [1.54, 1.807) is 12.4 Å². The fraction of sp³-hybridized carbons (Fsp3) is 0.412. The highest BCUT2D eigenvalue weighted by Crippen LogP contribution is 2.34. The molecule has 4 rings (SSSR count). The Bertz CT molecular complexity index is 818. The lowest BCUT2D eigenvalue weighted by Gasteiger charge is -2.27. The van der Waals surface area contributed by atoms with Crippen LogP contribution >= 0.6 is 0 Å². The number of nitrogen functional groups attached to an aromatic ring is 1. The van der Waals surface area contributed by atoms with Crippen LogP contribution in [0.4, 0.5) is 5.82 Å². The average molecular weight is 308 g/mol. The van der Waals surface area contributed by atoms with Gasteiger partial charge in [0, 0.05) is 24.0 Å². The van der Waals surface area contributed by atoms with Crippen molar-refractivity contribution in [2.75, 3.05) is 5.73 Å². The Morgan fingerprint density at radius 2 is 1.83 bits per heavy atom. The molecule has 0 radical (unpaired) electrons. The van der Waals surface area contributed by atoms with E-state index in [0.29, 0.717) is 23.2 Å². The molecule has 0 atom stereocenters. The zero-order valence-electron chi connectivity index (χ0n) is 13.2. The molecule has 3 aromatic heterocycles. The predicted molar refractivity (Wildman–Crippen MR) is 89.6 cm³/mol. The second-order valence-electron chi connectivity index (χ2n) is 6.41. The maximum absolute atomic E-state index is 6.12. The standard InChI is InChI=1S/C17H20N6/c1-11-2-4-13(5-3-11)23-10-20-14-15(18)21-16(22-17(14)23)12-6-8-19-9-7-12/h6-11,13H,2-5H2,1H3,(H2,18,21,22). The number of pyridine rings is 1. The molecule has 0 spiro atoms. The highest BCUT2D eigenvalue weighted by molar-refractivity contribution is 5.83. The molecule has 6 nitrogen and oxygen atoms in total. The van der Waals surface area contributed by atoms with Crippen LogP contribution in [0.3, 0.4) is 0 Å². The molecule has 0 saturated heterocycles. The van der Waals surface area contributed by atoms with Crippen molar-refractivity contribution in [3.8, 4) is 11.4 Å². The van der Waals surface area contributed by atoms with Crippen LogP contribution < -0.4 is 5.73 Å². The van der Waals surface area contributed by atoms with Crippen molar-refractivity contribution in [3.63, 3.8) is 0 Å². The molecule has 1 saturated carbocycles. The number of hydrogen-bond acceptors (Lipinski definition) is 5. The Morgan fingerprint density at radius 1 is 1.09 bits per heavy atom. The average Bonchev–Trinajstić information content (AvgIpc) is 3.01. The molecule has 3 heterocycles. The van der Waals surface area contributed by atoms with Gasteiger partial charge in [0.2, 0.25) is 0 Å². The summed E-state index contributed by atoms with van der Waals surface area (Å²) >= 11 is 0. The Kier molecular flexibility index (Phi) is 3.44. The predicted octanol–water partition coefficient (Wildman–Crippen LogP) is 3.22. The molecule has 3 aromatic rings.